The summed E-state index contributed by atoms with van der Waals surface area (Å²) in [6, 6.07) is 18.1. The van der Waals surface area contributed by atoms with Crippen LogP contribution in [0.25, 0.3) is 0 Å². The van der Waals surface area contributed by atoms with Gasteiger partial charge in [-0.1, -0.05) is 36.0 Å². The molecule has 2 heterocycles. The van der Waals surface area contributed by atoms with E-state index in [0.717, 1.165) is 53.2 Å². The van der Waals surface area contributed by atoms with E-state index in [2.05, 4.69) is 21.9 Å². The number of nitrogens with zero attached hydrogens (tertiary/aromatic N) is 4. The Morgan fingerprint density at radius 2 is 1.73 bits per heavy atom. The molecule has 0 spiro atoms. The number of anilines is 2. The van der Waals surface area contributed by atoms with Gasteiger partial charge < -0.3 is 14.5 Å². The van der Waals surface area contributed by atoms with Gasteiger partial charge in [-0.2, -0.15) is 5.26 Å². The molecule has 0 bridgehead atoms. The highest BCUT2D eigenvalue weighted by Crippen LogP contribution is 2.46. The second-order valence-corrected chi connectivity index (χ2v) is 8.31. The Labute approximate surface area is 181 Å². The van der Waals surface area contributed by atoms with E-state index in [1.54, 1.807) is 7.11 Å². The molecular weight excluding hydrogens is 396 g/mol. The van der Waals surface area contributed by atoms with Crippen LogP contribution in [0.4, 0.5) is 11.4 Å². The molecule has 0 aliphatic carbocycles. The Bertz CT molecular complexity index is 1020. The van der Waals surface area contributed by atoms with Gasteiger partial charge in [0.25, 0.3) is 0 Å². The topological polar surface area (TPSA) is 59.8 Å². The molecule has 2 aliphatic heterocycles. The molecule has 7 heteroatoms. The molecule has 0 radical (unpaired) electrons. The lowest BCUT2D eigenvalue weighted by molar-refractivity contribution is -0.116. The minimum atomic E-state index is -0.120. The molecule has 4 rings (SSSR count). The van der Waals surface area contributed by atoms with Gasteiger partial charge in [0.2, 0.25) is 0 Å². The Morgan fingerprint density at radius 1 is 1.07 bits per heavy atom. The lowest BCUT2D eigenvalue weighted by Gasteiger charge is -2.36. The largest absolute Gasteiger partial charge is 0.495 e. The summed E-state index contributed by atoms with van der Waals surface area (Å²) in [5.74, 6) is 0.741. The van der Waals surface area contributed by atoms with Crippen molar-refractivity contribution in [1.82, 2.24) is 4.90 Å². The monoisotopic (exact) mass is 420 g/mol. The van der Waals surface area contributed by atoms with E-state index in [1.807, 2.05) is 54.4 Å². The Morgan fingerprint density at radius 3 is 2.40 bits per heavy atom. The summed E-state index contributed by atoms with van der Waals surface area (Å²) < 4.78 is 5.47. The summed E-state index contributed by atoms with van der Waals surface area (Å²) in [6.45, 7) is 3.41. The number of ether oxygens (including phenoxy) is 1. The first kappa shape index (κ1) is 20.3. The number of carbonyl (C=O) groups is 1. The average molecular weight is 421 g/mol. The van der Waals surface area contributed by atoms with Gasteiger partial charge in [0, 0.05) is 38.1 Å². The zero-order chi connectivity index (χ0) is 21.1. The van der Waals surface area contributed by atoms with Gasteiger partial charge in [-0.3, -0.25) is 9.69 Å². The van der Waals surface area contributed by atoms with Crippen LogP contribution in [0, 0.1) is 11.3 Å². The van der Waals surface area contributed by atoms with Crippen molar-refractivity contribution in [3.8, 4) is 11.8 Å². The molecule has 0 unspecified atom stereocenters. The highest BCUT2D eigenvalue weighted by molar-refractivity contribution is 8.03. The van der Waals surface area contributed by atoms with Gasteiger partial charge in [0.1, 0.15) is 22.4 Å². The predicted molar refractivity (Wildman–Crippen MR) is 120 cm³/mol. The lowest BCUT2D eigenvalue weighted by Crippen LogP contribution is -2.48. The van der Waals surface area contributed by atoms with Gasteiger partial charge in [0.05, 0.1) is 25.0 Å². The van der Waals surface area contributed by atoms with E-state index >= 15 is 0 Å². The molecule has 1 fully saturated rings. The van der Waals surface area contributed by atoms with E-state index in [1.165, 1.54) is 11.8 Å². The van der Waals surface area contributed by atoms with E-state index in [0.29, 0.717) is 0 Å². The quantitative estimate of drug-likeness (QED) is 0.543. The first-order chi connectivity index (χ1) is 14.6. The Hall–Kier alpha value is -2.95. The third kappa shape index (κ3) is 3.89. The van der Waals surface area contributed by atoms with Crippen LogP contribution < -0.4 is 14.5 Å². The van der Waals surface area contributed by atoms with Crippen molar-refractivity contribution in [2.75, 3.05) is 56.7 Å². The van der Waals surface area contributed by atoms with Crippen LogP contribution in [0.2, 0.25) is 0 Å². The fourth-order valence-corrected chi connectivity index (χ4v) is 5.03. The van der Waals surface area contributed by atoms with Crippen molar-refractivity contribution in [3.63, 3.8) is 0 Å². The normalized spacial score (nSPS) is 18.0. The van der Waals surface area contributed by atoms with Crippen molar-refractivity contribution in [2.45, 2.75) is 4.90 Å². The average Bonchev–Trinajstić information content (AvgIpc) is 3.11. The summed E-state index contributed by atoms with van der Waals surface area (Å²) in [5.41, 5.74) is 2.35. The van der Waals surface area contributed by atoms with Gasteiger partial charge in [-0.25, -0.2) is 0 Å². The maximum Gasteiger partial charge on any atom is 0.190 e. The van der Waals surface area contributed by atoms with E-state index in [4.69, 9.17) is 4.74 Å². The van der Waals surface area contributed by atoms with Crippen LogP contribution in [0.3, 0.4) is 0 Å². The van der Waals surface area contributed by atoms with Crippen LogP contribution in [-0.4, -0.2) is 57.6 Å². The summed E-state index contributed by atoms with van der Waals surface area (Å²) >= 11 is 1.49. The van der Waals surface area contributed by atoms with E-state index in [9.17, 15) is 10.1 Å². The van der Waals surface area contributed by atoms with Crippen molar-refractivity contribution < 1.29 is 9.53 Å². The highest BCUT2D eigenvalue weighted by atomic mass is 32.2. The number of benzene rings is 2. The van der Waals surface area contributed by atoms with Crippen molar-refractivity contribution in [1.29, 1.82) is 5.26 Å². The number of rotatable bonds is 5. The number of nitriles is 1. The first-order valence-electron chi connectivity index (χ1n) is 9.91. The summed E-state index contributed by atoms with van der Waals surface area (Å²) in [4.78, 5) is 20.4. The van der Waals surface area contributed by atoms with Crippen LogP contribution in [0.15, 0.2) is 64.0 Å². The molecule has 0 N–H and O–H groups in total. The Balaban J connectivity index is 1.42. The second kappa shape index (κ2) is 8.82. The SMILES string of the molecule is COc1ccccc1N1CCN(CC(=O)/C(C#N)=C2\Sc3ccccc3N2C)CC1. The molecule has 1 saturated heterocycles. The van der Waals surface area contributed by atoms with Crippen molar-refractivity contribution in [3.05, 3.63) is 59.1 Å². The van der Waals surface area contributed by atoms with Crippen LogP contribution in [0.1, 0.15) is 0 Å². The zero-order valence-electron chi connectivity index (χ0n) is 17.2. The molecule has 0 aromatic heterocycles. The zero-order valence-corrected chi connectivity index (χ0v) is 18.0. The minimum absolute atomic E-state index is 0.120. The molecule has 6 nitrogen and oxygen atoms in total. The molecule has 0 saturated carbocycles. The van der Waals surface area contributed by atoms with Gasteiger partial charge in [-0.05, 0) is 24.3 Å². The van der Waals surface area contributed by atoms with Gasteiger partial charge >= 0.3 is 0 Å². The van der Waals surface area contributed by atoms with Crippen LogP contribution >= 0.6 is 11.8 Å². The molecule has 154 valence electrons. The molecule has 2 aromatic carbocycles. The molecule has 2 aromatic rings. The summed E-state index contributed by atoms with van der Waals surface area (Å²) in [5, 5.41) is 10.4. The number of fused-ring (bicyclic) bond motifs is 1. The third-order valence-electron chi connectivity index (χ3n) is 5.51. The van der Waals surface area contributed by atoms with Gasteiger partial charge in [0.15, 0.2) is 5.78 Å². The van der Waals surface area contributed by atoms with Crippen molar-refractivity contribution in [2.24, 2.45) is 0 Å². The number of hydrogen-bond acceptors (Lipinski definition) is 7. The fourth-order valence-electron chi connectivity index (χ4n) is 3.87. The number of carbonyl (C=O) groups excluding carboxylic acids is 1. The van der Waals surface area contributed by atoms with E-state index in [-0.39, 0.29) is 17.9 Å². The summed E-state index contributed by atoms with van der Waals surface area (Å²) in [7, 11) is 3.59. The lowest BCUT2D eigenvalue weighted by atomic mass is 10.1. The number of piperazine rings is 1. The van der Waals surface area contributed by atoms with Gasteiger partial charge in [-0.15, -0.1) is 0 Å². The van der Waals surface area contributed by atoms with E-state index < -0.39 is 0 Å². The maximum absolute atomic E-state index is 13.0. The predicted octanol–water partition coefficient (Wildman–Crippen LogP) is 3.36. The fraction of sp³-hybridized carbons (Fsp3) is 0.304. The Kier molecular flexibility index (Phi) is 5.98. The highest BCUT2D eigenvalue weighted by Gasteiger charge is 2.29. The third-order valence-corrected chi connectivity index (χ3v) is 6.74. The molecule has 2 aliphatic rings. The standard InChI is InChI=1S/C23H24N4O2S/c1-25-19-8-4-6-10-22(19)30-23(25)17(15-24)20(28)16-26-11-13-27(14-12-26)18-7-3-5-9-21(18)29-2/h3-10H,11-14,16H2,1-2H3/b23-17-. The van der Waals surface area contributed by atoms with Crippen molar-refractivity contribution >= 4 is 28.9 Å². The second-order valence-electron chi connectivity index (χ2n) is 7.28. The number of thioether (sulfide) groups is 1. The molecule has 0 amide bonds. The number of para-hydroxylation sites is 3. The smallest absolute Gasteiger partial charge is 0.190 e. The molecule has 30 heavy (non-hydrogen) atoms. The van der Waals surface area contributed by atoms with Crippen LogP contribution in [0.5, 0.6) is 5.75 Å². The number of Topliss-reactive ketones (excluding diaryl/α,β-unsaturated/α-hetero) is 1. The van der Waals surface area contributed by atoms with Crippen LogP contribution in [-0.2, 0) is 4.79 Å². The first-order valence-corrected chi connectivity index (χ1v) is 10.7. The number of ketones is 1. The minimum Gasteiger partial charge on any atom is -0.495 e. The maximum atomic E-state index is 13.0. The number of methoxy groups -OCH3 is 1. The summed E-state index contributed by atoms with van der Waals surface area (Å²) in [6.07, 6.45) is 0. The molecular formula is C23H24N4O2S. The molecule has 0 atom stereocenters. The number of hydrogen-bond donors (Lipinski definition) is 0.